The SMILES string of the molecule is CCOC(=O)C(Cn1nc(CC)nc1CC)NC. The fraction of sp³-hybridized carbons (Fsp3) is 0.750. The van der Waals surface area contributed by atoms with E-state index in [1.807, 2.05) is 13.8 Å². The van der Waals surface area contributed by atoms with Crippen LogP contribution < -0.4 is 5.32 Å². The van der Waals surface area contributed by atoms with Crippen molar-refractivity contribution in [2.45, 2.75) is 46.2 Å². The van der Waals surface area contributed by atoms with Crippen molar-refractivity contribution in [3.05, 3.63) is 11.6 Å². The van der Waals surface area contributed by atoms with Crippen LogP contribution in [-0.2, 0) is 28.9 Å². The first kappa shape index (κ1) is 14.6. The molecule has 1 heterocycles. The zero-order valence-corrected chi connectivity index (χ0v) is 11.6. The molecule has 0 aromatic carbocycles. The maximum atomic E-state index is 11.7. The van der Waals surface area contributed by atoms with Gasteiger partial charge in [0.15, 0.2) is 5.82 Å². The van der Waals surface area contributed by atoms with Crippen molar-refractivity contribution in [2.24, 2.45) is 0 Å². The van der Waals surface area contributed by atoms with Gasteiger partial charge in [0, 0.05) is 12.8 Å². The van der Waals surface area contributed by atoms with Crippen LogP contribution in [0.3, 0.4) is 0 Å². The lowest BCUT2D eigenvalue weighted by atomic mass is 10.3. The number of rotatable bonds is 7. The number of carbonyl (C=O) groups is 1. The smallest absolute Gasteiger partial charge is 0.325 e. The van der Waals surface area contributed by atoms with Crippen LogP contribution in [0.4, 0.5) is 0 Å². The lowest BCUT2D eigenvalue weighted by molar-refractivity contribution is -0.145. The number of aromatic nitrogens is 3. The number of ether oxygens (including phenoxy) is 1. The maximum Gasteiger partial charge on any atom is 0.325 e. The molecule has 0 fully saturated rings. The minimum absolute atomic E-state index is 0.254. The molecule has 1 atom stereocenters. The van der Waals surface area contributed by atoms with E-state index in [0.717, 1.165) is 24.5 Å². The van der Waals surface area contributed by atoms with Gasteiger partial charge in [-0.15, -0.1) is 0 Å². The van der Waals surface area contributed by atoms with E-state index in [1.165, 1.54) is 0 Å². The van der Waals surface area contributed by atoms with E-state index in [1.54, 1.807) is 18.7 Å². The normalized spacial score (nSPS) is 12.4. The molecule has 0 saturated heterocycles. The lowest BCUT2D eigenvalue weighted by Crippen LogP contribution is -2.39. The first-order valence-electron chi connectivity index (χ1n) is 6.42. The average Bonchev–Trinajstić information content (AvgIpc) is 2.78. The molecule has 0 aliphatic heterocycles. The van der Waals surface area contributed by atoms with Crippen LogP contribution in [-0.4, -0.2) is 40.4 Å². The van der Waals surface area contributed by atoms with Crippen LogP contribution in [0.25, 0.3) is 0 Å². The molecule has 1 aromatic heterocycles. The van der Waals surface area contributed by atoms with Crippen molar-refractivity contribution in [2.75, 3.05) is 13.7 Å². The van der Waals surface area contributed by atoms with E-state index in [2.05, 4.69) is 15.4 Å². The summed E-state index contributed by atoms with van der Waals surface area (Å²) in [5, 5.41) is 7.34. The fourth-order valence-corrected chi connectivity index (χ4v) is 1.68. The minimum Gasteiger partial charge on any atom is -0.465 e. The summed E-state index contributed by atoms with van der Waals surface area (Å²) >= 11 is 0. The molecule has 0 radical (unpaired) electrons. The van der Waals surface area contributed by atoms with Crippen molar-refractivity contribution in [1.29, 1.82) is 0 Å². The number of aryl methyl sites for hydroxylation is 2. The quantitative estimate of drug-likeness (QED) is 0.720. The van der Waals surface area contributed by atoms with Crippen molar-refractivity contribution < 1.29 is 9.53 Å². The molecule has 0 amide bonds. The molecular formula is C12H22N4O2. The number of carbonyl (C=O) groups excluding carboxylic acids is 1. The summed E-state index contributed by atoms with van der Waals surface area (Å²) in [6, 6.07) is -0.387. The second-order valence-corrected chi connectivity index (χ2v) is 3.93. The molecule has 0 saturated carbocycles. The lowest BCUT2D eigenvalue weighted by Gasteiger charge is -2.15. The van der Waals surface area contributed by atoms with Crippen molar-refractivity contribution in [1.82, 2.24) is 20.1 Å². The first-order valence-corrected chi connectivity index (χ1v) is 6.42. The number of nitrogens with zero attached hydrogens (tertiary/aromatic N) is 3. The summed E-state index contributed by atoms with van der Waals surface area (Å²) in [5.41, 5.74) is 0. The Kier molecular flexibility index (Phi) is 5.77. The van der Waals surface area contributed by atoms with Gasteiger partial charge in [-0.05, 0) is 14.0 Å². The van der Waals surface area contributed by atoms with Gasteiger partial charge in [-0.2, -0.15) is 5.10 Å². The third kappa shape index (κ3) is 3.53. The summed E-state index contributed by atoms with van der Waals surface area (Å²) < 4.78 is 6.80. The Hall–Kier alpha value is -1.43. The summed E-state index contributed by atoms with van der Waals surface area (Å²) in [5.74, 6) is 1.46. The molecule has 18 heavy (non-hydrogen) atoms. The molecule has 0 aliphatic carbocycles. The van der Waals surface area contributed by atoms with Gasteiger partial charge in [-0.3, -0.25) is 4.79 Å². The highest BCUT2D eigenvalue weighted by molar-refractivity contribution is 5.75. The number of esters is 1. The Morgan fingerprint density at radius 1 is 1.39 bits per heavy atom. The third-order valence-corrected chi connectivity index (χ3v) is 2.70. The van der Waals surface area contributed by atoms with Crippen LogP contribution in [0.2, 0.25) is 0 Å². The minimum atomic E-state index is -0.387. The van der Waals surface area contributed by atoms with Crippen LogP contribution in [0.5, 0.6) is 0 Å². The second kappa shape index (κ2) is 7.10. The van der Waals surface area contributed by atoms with E-state index in [-0.39, 0.29) is 12.0 Å². The Labute approximate surface area is 108 Å². The Bertz CT molecular complexity index is 389. The van der Waals surface area contributed by atoms with Gasteiger partial charge in [0.2, 0.25) is 0 Å². The first-order chi connectivity index (χ1) is 8.65. The number of likely N-dealkylation sites (N-methyl/N-ethyl adjacent to an activating group) is 1. The molecule has 1 aromatic rings. The maximum absolute atomic E-state index is 11.7. The Morgan fingerprint density at radius 2 is 2.11 bits per heavy atom. The fourth-order valence-electron chi connectivity index (χ4n) is 1.68. The zero-order chi connectivity index (χ0) is 13.5. The van der Waals surface area contributed by atoms with Crippen LogP contribution >= 0.6 is 0 Å². The molecule has 1 N–H and O–H groups in total. The van der Waals surface area contributed by atoms with E-state index in [4.69, 9.17) is 4.74 Å². The van der Waals surface area contributed by atoms with Crippen LogP contribution in [0.1, 0.15) is 32.4 Å². The number of hydrogen-bond donors (Lipinski definition) is 1. The summed E-state index contributed by atoms with van der Waals surface area (Å²) in [4.78, 5) is 16.1. The number of nitrogens with one attached hydrogen (secondary N) is 1. The van der Waals surface area contributed by atoms with Gasteiger partial charge in [-0.25, -0.2) is 9.67 Å². The molecule has 6 nitrogen and oxygen atoms in total. The van der Waals surface area contributed by atoms with Gasteiger partial charge in [-0.1, -0.05) is 13.8 Å². The standard InChI is InChI=1S/C12H22N4O2/c1-5-10-14-11(6-2)16(15-10)8-9(13-4)12(17)18-7-3/h9,13H,5-8H2,1-4H3. The van der Waals surface area contributed by atoms with E-state index < -0.39 is 0 Å². The van der Waals surface area contributed by atoms with Crippen molar-refractivity contribution in [3.63, 3.8) is 0 Å². The van der Waals surface area contributed by atoms with Crippen molar-refractivity contribution in [3.8, 4) is 0 Å². The molecule has 6 heteroatoms. The molecule has 0 aliphatic rings. The third-order valence-electron chi connectivity index (χ3n) is 2.70. The highest BCUT2D eigenvalue weighted by atomic mass is 16.5. The van der Waals surface area contributed by atoms with E-state index in [0.29, 0.717) is 13.2 Å². The van der Waals surface area contributed by atoms with Crippen LogP contribution in [0, 0.1) is 0 Å². The number of hydrogen-bond acceptors (Lipinski definition) is 5. The highest BCUT2D eigenvalue weighted by Crippen LogP contribution is 2.03. The van der Waals surface area contributed by atoms with Crippen molar-refractivity contribution >= 4 is 5.97 Å². The monoisotopic (exact) mass is 254 g/mol. The predicted molar refractivity (Wildman–Crippen MR) is 68.3 cm³/mol. The molecular weight excluding hydrogens is 232 g/mol. The Balaban J connectivity index is 2.80. The zero-order valence-electron chi connectivity index (χ0n) is 11.6. The molecule has 0 spiro atoms. The van der Waals surface area contributed by atoms with E-state index >= 15 is 0 Å². The Morgan fingerprint density at radius 3 is 2.61 bits per heavy atom. The largest absolute Gasteiger partial charge is 0.465 e. The van der Waals surface area contributed by atoms with Crippen LogP contribution in [0.15, 0.2) is 0 Å². The van der Waals surface area contributed by atoms with Gasteiger partial charge in [0.05, 0.1) is 13.2 Å². The van der Waals surface area contributed by atoms with Gasteiger partial charge in [0.1, 0.15) is 11.9 Å². The average molecular weight is 254 g/mol. The second-order valence-electron chi connectivity index (χ2n) is 3.93. The molecule has 1 unspecified atom stereocenters. The van der Waals surface area contributed by atoms with Gasteiger partial charge < -0.3 is 10.1 Å². The summed E-state index contributed by atoms with van der Waals surface area (Å²) in [6.07, 6.45) is 1.59. The molecule has 102 valence electrons. The topological polar surface area (TPSA) is 69.0 Å². The summed E-state index contributed by atoms with van der Waals surface area (Å²) in [6.45, 7) is 6.67. The van der Waals surface area contributed by atoms with E-state index in [9.17, 15) is 4.79 Å². The summed E-state index contributed by atoms with van der Waals surface area (Å²) in [7, 11) is 1.74. The molecule has 0 bridgehead atoms. The molecule has 1 rings (SSSR count). The van der Waals surface area contributed by atoms with Gasteiger partial charge in [0.25, 0.3) is 0 Å². The predicted octanol–water partition coefficient (Wildman–Crippen LogP) is 0.554. The highest BCUT2D eigenvalue weighted by Gasteiger charge is 2.20. The van der Waals surface area contributed by atoms with Gasteiger partial charge >= 0.3 is 5.97 Å².